The highest BCUT2D eigenvalue weighted by Gasteiger charge is 2.18. The topological polar surface area (TPSA) is 99.9 Å². The third kappa shape index (κ3) is 4.47. The van der Waals surface area contributed by atoms with Crippen LogP contribution >= 0.6 is 0 Å². The standard InChI is InChI=1S/C10H16N2O5S/c1-8-3-4-9(17-8)7-11-18(15,16)12(2)6-5-10(13)14/h3-4,11H,5-7H2,1-2H3,(H,13,14). The van der Waals surface area contributed by atoms with Gasteiger partial charge in [-0.1, -0.05) is 0 Å². The molecule has 0 aromatic carbocycles. The number of nitrogens with one attached hydrogen (secondary N) is 1. The number of hydrogen-bond acceptors (Lipinski definition) is 4. The van der Waals surface area contributed by atoms with Crippen molar-refractivity contribution in [2.45, 2.75) is 19.9 Å². The Hall–Kier alpha value is -1.38. The zero-order chi connectivity index (χ0) is 13.8. The third-order valence-electron chi connectivity index (χ3n) is 2.28. The molecule has 1 heterocycles. The van der Waals surface area contributed by atoms with Gasteiger partial charge in [-0.05, 0) is 19.1 Å². The lowest BCUT2D eigenvalue weighted by molar-refractivity contribution is -0.137. The highest BCUT2D eigenvalue weighted by Crippen LogP contribution is 2.06. The van der Waals surface area contributed by atoms with Crippen molar-refractivity contribution in [3.8, 4) is 0 Å². The lowest BCUT2D eigenvalue weighted by Crippen LogP contribution is -2.38. The summed E-state index contributed by atoms with van der Waals surface area (Å²) in [5.74, 6) is 0.157. The molecule has 0 fully saturated rings. The van der Waals surface area contributed by atoms with E-state index in [9.17, 15) is 13.2 Å². The van der Waals surface area contributed by atoms with Crippen LogP contribution < -0.4 is 4.72 Å². The highest BCUT2D eigenvalue weighted by molar-refractivity contribution is 7.87. The molecule has 0 saturated carbocycles. The maximum atomic E-state index is 11.7. The van der Waals surface area contributed by atoms with Crippen molar-refractivity contribution < 1.29 is 22.7 Å². The lowest BCUT2D eigenvalue weighted by atomic mass is 10.4. The molecule has 0 unspecified atom stereocenters. The van der Waals surface area contributed by atoms with Gasteiger partial charge in [0.25, 0.3) is 10.2 Å². The van der Waals surface area contributed by atoms with Crippen LogP contribution in [0.25, 0.3) is 0 Å². The van der Waals surface area contributed by atoms with Crippen LogP contribution in [-0.2, 0) is 21.5 Å². The molecule has 0 bridgehead atoms. The summed E-state index contributed by atoms with van der Waals surface area (Å²) in [6.07, 6.45) is -0.239. The number of rotatable bonds is 7. The second-order valence-corrected chi connectivity index (χ2v) is 5.67. The molecular formula is C10H16N2O5S. The van der Waals surface area contributed by atoms with Crippen molar-refractivity contribution in [1.29, 1.82) is 0 Å². The molecule has 0 aliphatic carbocycles. The Balaban J connectivity index is 2.51. The average Bonchev–Trinajstić information content (AvgIpc) is 2.69. The van der Waals surface area contributed by atoms with Gasteiger partial charge in [-0.2, -0.15) is 17.4 Å². The molecule has 0 atom stereocenters. The van der Waals surface area contributed by atoms with E-state index in [1.54, 1.807) is 19.1 Å². The SMILES string of the molecule is Cc1ccc(CNS(=O)(=O)N(C)CCC(=O)O)o1. The molecule has 0 saturated heterocycles. The Morgan fingerprint density at radius 2 is 2.17 bits per heavy atom. The van der Waals surface area contributed by atoms with Gasteiger partial charge in [-0.3, -0.25) is 4.79 Å². The molecule has 1 aromatic rings. The Morgan fingerprint density at radius 1 is 1.50 bits per heavy atom. The van der Waals surface area contributed by atoms with E-state index in [-0.39, 0.29) is 19.5 Å². The molecule has 7 nitrogen and oxygen atoms in total. The Bertz CT molecular complexity index is 508. The van der Waals surface area contributed by atoms with Crippen LogP contribution in [0.1, 0.15) is 17.9 Å². The van der Waals surface area contributed by atoms with Crippen LogP contribution in [0, 0.1) is 6.92 Å². The minimum Gasteiger partial charge on any atom is -0.481 e. The summed E-state index contributed by atoms with van der Waals surface area (Å²) in [6.45, 7) is 1.71. The summed E-state index contributed by atoms with van der Waals surface area (Å²) in [4.78, 5) is 10.4. The van der Waals surface area contributed by atoms with E-state index in [0.29, 0.717) is 11.5 Å². The summed E-state index contributed by atoms with van der Waals surface area (Å²) in [5, 5.41) is 8.48. The fourth-order valence-corrected chi connectivity index (χ4v) is 2.10. The molecule has 1 rings (SSSR count). The number of aryl methyl sites for hydroxylation is 1. The monoisotopic (exact) mass is 276 g/mol. The van der Waals surface area contributed by atoms with Crippen molar-refractivity contribution in [1.82, 2.24) is 9.03 Å². The maximum Gasteiger partial charge on any atom is 0.304 e. The van der Waals surface area contributed by atoms with Crippen molar-refractivity contribution in [2.24, 2.45) is 0 Å². The molecule has 0 radical (unpaired) electrons. The fraction of sp³-hybridized carbons (Fsp3) is 0.500. The van der Waals surface area contributed by atoms with Gasteiger partial charge in [0.05, 0.1) is 13.0 Å². The highest BCUT2D eigenvalue weighted by atomic mass is 32.2. The van der Waals surface area contributed by atoms with Crippen LogP contribution in [-0.4, -0.2) is 37.4 Å². The summed E-state index contributed by atoms with van der Waals surface area (Å²) in [6, 6.07) is 3.41. The zero-order valence-electron chi connectivity index (χ0n) is 10.2. The number of furan rings is 1. The smallest absolute Gasteiger partial charge is 0.304 e. The largest absolute Gasteiger partial charge is 0.481 e. The normalized spacial score (nSPS) is 11.9. The zero-order valence-corrected chi connectivity index (χ0v) is 11.0. The van der Waals surface area contributed by atoms with Crippen molar-refractivity contribution in [3.05, 3.63) is 23.7 Å². The molecule has 0 aliphatic rings. The van der Waals surface area contributed by atoms with Gasteiger partial charge in [0.1, 0.15) is 11.5 Å². The summed E-state index contributed by atoms with van der Waals surface area (Å²) in [7, 11) is -2.37. The maximum absolute atomic E-state index is 11.7. The molecule has 0 spiro atoms. The van der Waals surface area contributed by atoms with Gasteiger partial charge in [-0.25, -0.2) is 0 Å². The number of aliphatic carboxylic acids is 1. The van der Waals surface area contributed by atoms with Gasteiger partial charge < -0.3 is 9.52 Å². The summed E-state index contributed by atoms with van der Waals surface area (Å²) < 4.78 is 31.9. The van der Waals surface area contributed by atoms with Crippen LogP contribution in [0.2, 0.25) is 0 Å². The quantitative estimate of drug-likeness (QED) is 0.747. The predicted molar refractivity (Wildman–Crippen MR) is 64.1 cm³/mol. The van der Waals surface area contributed by atoms with E-state index in [2.05, 4.69) is 4.72 Å². The second-order valence-electron chi connectivity index (χ2n) is 3.80. The van der Waals surface area contributed by atoms with E-state index in [0.717, 1.165) is 4.31 Å². The number of nitrogens with zero attached hydrogens (tertiary/aromatic N) is 1. The van der Waals surface area contributed by atoms with E-state index in [1.165, 1.54) is 7.05 Å². The number of carbonyl (C=O) groups is 1. The molecule has 0 aliphatic heterocycles. The van der Waals surface area contributed by atoms with Crippen LogP contribution in [0.5, 0.6) is 0 Å². The van der Waals surface area contributed by atoms with E-state index in [1.807, 2.05) is 0 Å². The molecule has 102 valence electrons. The second kappa shape index (κ2) is 5.98. The summed E-state index contributed by atoms with van der Waals surface area (Å²) in [5.41, 5.74) is 0. The minimum atomic E-state index is -3.68. The Labute approximate surface area is 106 Å². The molecule has 8 heteroatoms. The Morgan fingerprint density at radius 3 is 2.67 bits per heavy atom. The van der Waals surface area contributed by atoms with E-state index < -0.39 is 16.2 Å². The Kier molecular flexibility index (Phi) is 4.88. The minimum absolute atomic E-state index is 0.0353. The first kappa shape index (κ1) is 14.7. The number of hydrogen-bond donors (Lipinski definition) is 2. The molecule has 2 N–H and O–H groups in total. The molecule has 18 heavy (non-hydrogen) atoms. The first-order valence-electron chi connectivity index (χ1n) is 5.29. The van der Waals surface area contributed by atoms with E-state index in [4.69, 9.17) is 9.52 Å². The van der Waals surface area contributed by atoms with Crippen LogP contribution in [0.15, 0.2) is 16.5 Å². The van der Waals surface area contributed by atoms with Gasteiger partial charge in [-0.15, -0.1) is 0 Å². The van der Waals surface area contributed by atoms with Gasteiger partial charge in [0, 0.05) is 13.6 Å². The third-order valence-corrected chi connectivity index (χ3v) is 3.79. The van der Waals surface area contributed by atoms with Crippen molar-refractivity contribution >= 4 is 16.2 Å². The first-order chi connectivity index (χ1) is 8.31. The van der Waals surface area contributed by atoms with Gasteiger partial charge in [0.15, 0.2) is 0 Å². The first-order valence-corrected chi connectivity index (χ1v) is 6.73. The number of carboxylic acids is 1. The van der Waals surface area contributed by atoms with Gasteiger partial charge >= 0.3 is 5.97 Å². The van der Waals surface area contributed by atoms with Crippen LogP contribution in [0.4, 0.5) is 0 Å². The average molecular weight is 276 g/mol. The van der Waals surface area contributed by atoms with E-state index >= 15 is 0 Å². The molecule has 0 amide bonds. The van der Waals surface area contributed by atoms with Gasteiger partial charge in [0.2, 0.25) is 0 Å². The fourth-order valence-electron chi connectivity index (χ4n) is 1.23. The van der Waals surface area contributed by atoms with Crippen molar-refractivity contribution in [3.63, 3.8) is 0 Å². The number of carboxylic acid groups (broad SMARTS) is 1. The lowest BCUT2D eigenvalue weighted by Gasteiger charge is -2.16. The predicted octanol–water partition coefficient (Wildman–Crippen LogP) is 0.329. The van der Waals surface area contributed by atoms with Crippen molar-refractivity contribution in [2.75, 3.05) is 13.6 Å². The molecule has 1 aromatic heterocycles. The van der Waals surface area contributed by atoms with Crippen LogP contribution in [0.3, 0.4) is 0 Å². The summed E-state index contributed by atoms with van der Waals surface area (Å²) >= 11 is 0. The molecular weight excluding hydrogens is 260 g/mol.